The highest BCUT2D eigenvalue weighted by Gasteiger charge is 2.29. The van der Waals surface area contributed by atoms with E-state index in [-0.39, 0.29) is 30.1 Å². The van der Waals surface area contributed by atoms with Crippen molar-refractivity contribution in [2.45, 2.75) is 51.9 Å². The fraction of sp³-hybridized carbons (Fsp3) is 0.579. The Balaban J connectivity index is 1.65. The van der Waals surface area contributed by atoms with E-state index in [0.717, 1.165) is 37.4 Å². The number of hydrogen-bond acceptors (Lipinski definition) is 4. The smallest absolute Gasteiger partial charge is 0.241 e. The standard InChI is InChI=1S/C19H27N3O3/c1-13-11-21(12-14(2)25-13)15(3)19(24)20-16-6-4-7-17(10-16)22-9-5-8-18(22)23/h4,6-7,10,13-15H,5,8-9,11-12H2,1-3H3,(H,20,24)/t13-,14-,15+/m1/s1. The molecule has 6 nitrogen and oxygen atoms in total. The SMILES string of the molecule is C[C@@H]1CN([C@@H](C)C(=O)Nc2cccc(N3CCCC3=O)c2)C[C@@H](C)O1. The summed E-state index contributed by atoms with van der Waals surface area (Å²) in [6, 6.07) is 7.29. The van der Waals surface area contributed by atoms with Crippen molar-refractivity contribution < 1.29 is 14.3 Å². The van der Waals surface area contributed by atoms with Gasteiger partial charge in [-0.2, -0.15) is 0 Å². The van der Waals surface area contributed by atoms with Gasteiger partial charge < -0.3 is 15.0 Å². The van der Waals surface area contributed by atoms with Gasteiger partial charge in [0.05, 0.1) is 18.2 Å². The summed E-state index contributed by atoms with van der Waals surface area (Å²) in [6.45, 7) is 8.24. The maximum Gasteiger partial charge on any atom is 0.241 e. The summed E-state index contributed by atoms with van der Waals surface area (Å²) in [4.78, 5) is 28.5. The molecule has 1 aromatic rings. The molecule has 2 aliphatic rings. The van der Waals surface area contributed by atoms with Crippen LogP contribution in [0.5, 0.6) is 0 Å². The van der Waals surface area contributed by atoms with E-state index in [0.29, 0.717) is 6.42 Å². The van der Waals surface area contributed by atoms with E-state index in [1.54, 1.807) is 4.90 Å². The molecule has 2 saturated heterocycles. The van der Waals surface area contributed by atoms with Crippen molar-refractivity contribution in [3.63, 3.8) is 0 Å². The minimum atomic E-state index is -0.231. The highest BCUT2D eigenvalue weighted by atomic mass is 16.5. The Labute approximate surface area is 149 Å². The number of carbonyl (C=O) groups is 2. The number of benzene rings is 1. The van der Waals surface area contributed by atoms with E-state index in [4.69, 9.17) is 4.74 Å². The van der Waals surface area contributed by atoms with Gasteiger partial charge >= 0.3 is 0 Å². The molecule has 136 valence electrons. The predicted octanol–water partition coefficient (Wildman–Crippen LogP) is 2.25. The highest BCUT2D eigenvalue weighted by Crippen LogP contribution is 2.24. The lowest BCUT2D eigenvalue weighted by atomic mass is 10.1. The van der Waals surface area contributed by atoms with Gasteiger partial charge in [-0.25, -0.2) is 0 Å². The molecule has 0 radical (unpaired) electrons. The summed E-state index contributed by atoms with van der Waals surface area (Å²) in [5.74, 6) is 0.110. The van der Waals surface area contributed by atoms with E-state index in [1.807, 2.05) is 45.0 Å². The maximum atomic E-state index is 12.6. The summed E-state index contributed by atoms with van der Waals surface area (Å²) < 4.78 is 5.74. The first kappa shape index (κ1) is 17.9. The lowest BCUT2D eigenvalue weighted by Crippen LogP contribution is -2.52. The summed E-state index contributed by atoms with van der Waals surface area (Å²) in [6.07, 6.45) is 1.74. The third-order valence-corrected chi connectivity index (χ3v) is 4.87. The van der Waals surface area contributed by atoms with E-state index in [1.165, 1.54) is 0 Å². The second kappa shape index (κ2) is 7.54. The quantitative estimate of drug-likeness (QED) is 0.909. The molecule has 0 bridgehead atoms. The molecule has 2 heterocycles. The maximum absolute atomic E-state index is 12.6. The van der Waals surface area contributed by atoms with Crippen LogP contribution in [0.1, 0.15) is 33.6 Å². The van der Waals surface area contributed by atoms with E-state index in [2.05, 4.69) is 10.2 Å². The number of amides is 2. The Hall–Kier alpha value is -1.92. The van der Waals surface area contributed by atoms with E-state index >= 15 is 0 Å². The molecule has 0 aromatic heterocycles. The Bertz CT molecular complexity index is 639. The van der Waals surface area contributed by atoms with Crippen molar-refractivity contribution >= 4 is 23.2 Å². The fourth-order valence-electron chi connectivity index (χ4n) is 3.62. The van der Waals surface area contributed by atoms with Crippen molar-refractivity contribution in [2.75, 3.05) is 29.9 Å². The monoisotopic (exact) mass is 345 g/mol. The molecular formula is C19H27N3O3. The Morgan fingerprint density at radius 1 is 1.28 bits per heavy atom. The largest absolute Gasteiger partial charge is 0.373 e. The first-order valence-electron chi connectivity index (χ1n) is 9.05. The Kier molecular flexibility index (Phi) is 5.39. The molecule has 2 fully saturated rings. The van der Waals surface area contributed by atoms with E-state index in [9.17, 15) is 9.59 Å². The molecule has 0 unspecified atom stereocenters. The second-order valence-corrected chi connectivity index (χ2v) is 7.08. The van der Waals surface area contributed by atoms with Crippen molar-refractivity contribution in [2.24, 2.45) is 0 Å². The first-order valence-corrected chi connectivity index (χ1v) is 9.05. The van der Waals surface area contributed by atoms with Crippen molar-refractivity contribution in [1.82, 2.24) is 4.90 Å². The highest BCUT2D eigenvalue weighted by molar-refractivity contribution is 5.98. The van der Waals surface area contributed by atoms with Gasteiger partial charge in [0.15, 0.2) is 0 Å². The van der Waals surface area contributed by atoms with Crippen LogP contribution in [-0.4, -0.2) is 54.6 Å². The van der Waals surface area contributed by atoms with Gasteiger partial charge in [-0.3, -0.25) is 14.5 Å². The second-order valence-electron chi connectivity index (χ2n) is 7.08. The summed E-state index contributed by atoms with van der Waals surface area (Å²) in [5, 5.41) is 2.99. The molecule has 2 amide bonds. The van der Waals surface area contributed by atoms with Gasteiger partial charge in [-0.1, -0.05) is 6.07 Å². The van der Waals surface area contributed by atoms with Crippen LogP contribution in [0.25, 0.3) is 0 Å². The molecule has 3 rings (SSSR count). The lowest BCUT2D eigenvalue weighted by molar-refractivity contribution is -0.126. The van der Waals surface area contributed by atoms with Crippen molar-refractivity contribution in [1.29, 1.82) is 0 Å². The molecule has 2 aliphatic heterocycles. The van der Waals surface area contributed by atoms with Gasteiger partial charge in [-0.15, -0.1) is 0 Å². The number of rotatable bonds is 4. The van der Waals surface area contributed by atoms with Crippen molar-refractivity contribution in [3.05, 3.63) is 24.3 Å². The van der Waals surface area contributed by atoms with E-state index < -0.39 is 0 Å². The minimum absolute atomic E-state index is 0.0359. The van der Waals surface area contributed by atoms with Crippen LogP contribution in [0, 0.1) is 0 Å². The zero-order chi connectivity index (χ0) is 18.0. The summed E-state index contributed by atoms with van der Waals surface area (Å²) >= 11 is 0. The molecular weight excluding hydrogens is 318 g/mol. The third-order valence-electron chi connectivity index (χ3n) is 4.87. The number of hydrogen-bond donors (Lipinski definition) is 1. The normalized spacial score (nSPS) is 25.9. The molecule has 25 heavy (non-hydrogen) atoms. The van der Waals surface area contributed by atoms with Crippen LogP contribution in [0.3, 0.4) is 0 Å². The van der Waals surface area contributed by atoms with Gasteiger partial charge in [0.1, 0.15) is 0 Å². The van der Waals surface area contributed by atoms with Crippen LogP contribution in [0.2, 0.25) is 0 Å². The topological polar surface area (TPSA) is 61.9 Å². The molecule has 0 saturated carbocycles. The number of anilines is 2. The molecule has 1 aromatic carbocycles. The predicted molar refractivity (Wildman–Crippen MR) is 97.7 cm³/mol. The van der Waals surface area contributed by atoms with Crippen LogP contribution in [-0.2, 0) is 14.3 Å². The summed E-state index contributed by atoms with van der Waals surface area (Å²) in [5.41, 5.74) is 1.57. The number of nitrogens with one attached hydrogen (secondary N) is 1. The first-order chi connectivity index (χ1) is 11.9. The third kappa shape index (κ3) is 4.19. The van der Waals surface area contributed by atoms with Crippen molar-refractivity contribution in [3.8, 4) is 0 Å². The van der Waals surface area contributed by atoms with Gasteiger partial charge in [-0.05, 0) is 45.4 Å². The van der Waals surface area contributed by atoms with Gasteiger partial charge in [0.25, 0.3) is 0 Å². The Morgan fingerprint density at radius 2 is 2.00 bits per heavy atom. The molecule has 3 atom stereocenters. The van der Waals surface area contributed by atoms with Crippen LogP contribution >= 0.6 is 0 Å². The fourth-order valence-corrected chi connectivity index (χ4v) is 3.62. The van der Waals surface area contributed by atoms with Crippen LogP contribution < -0.4 is 10.2 Å². The molecule has 0 aliphatic carbocycles. The van der Waals surface area contributed by atoms with Crippen LogP contribution in [0.4, 0.5) is 11.4 Å². The average Bonchev–Trinajstić information content (AvgIpc) is 2.99. The summed E-state index contributed by atoms with van der Waals surface area (Å²) in [7, 11) is 0. The number of morpholine rings is 1. The molecule has 6 heteroatoms. The average molecular weight is 345 g/mol. The zero-order valence-corrected chi connectivity index (χ0v) is 15.2. The van der Waals surface area contributed by atoms with Gasteiger partial charge in [0, 0.05) is 37.4 Å². The lowest BCUT2D eigenvalue weighted by Gasteiger charge is -2.38. The Morgan fingerprint density at radius 3 is 2.64 bits per heavy atom. The number of ether oxygens (including phenoxy) is 1. The minimum Gasteiger partial charge on any atom is -0.373 e. The van der Waals surface area contributed by atoms with Gasteiger partial charge in [0.2, 0.25) is 11.8 Å². The molecule has 0 spiro atoms. The van der Waals surface area contributed by atoms with Crippen LogP contribution in [0.15, 0.2) is 24.3 Å². The number of nitrogens with zero attached hydrogens (tertiary/aromatic N) is 2. The number of carbonyl (C=O) groups excluding carboxylic acids is 2. The molecule has 1 N–H and O–H groups in total. The zero-order valence-electron chi connectivity index (χ0n) is 15.2.